The number of nitrogens with zero attached hydrogens (tertiary/aromatic N) is 2. The van der Waals surface area contributed by atoms with Gasteiger partial charge >= 0.3 is 0 Å². The monoisotopic (exact) mass is 372 g/mol. The first-order chi connectivity index (χ1) is 13.5. The van der Waals surface area contributed by atoms with Gasteiger partial charge in [0, 0.05) is 11.1 Å². The van der Waals surface area contributed by atoms with Crippen LogP contribution in [0.4, 0.5) is 0 Å². The maximum absolute atomic E-state index is 10.1. The Bertz CT molecular complexity index is 1150. The molecule has 0 amide bonds. The molecule has 0 saturated heterocycles. The molecule has 0 aliphatic rings. The molecule has 0 bridgehead atoms. The molecule has 4 aromatic rings. The van der Waals surface area contributed by atoms with Crippen LogP contribution in [-0.4, -0.2) is 32.9 Å². The molecule has 0 heterocycles. The minimum atomic E-state index is 0.00924. The summed E-state index contributed by atoms with van der Waals surface area (Å²) in [6.07, 6.45) is 2.76. The molecular formula is C22H16N2O4. The second-order valence-electron chi connectivity index (χ2n) is 6.30. The minimum Gasteiger partial charge on any atom is -0.508 e. The van der Waals surface area contributed by atoms with Gasteiger partial charge in [0.1, 0.15) is 23.0 Å². The smallest absolute Gasteiger partial charge is 0.125 e. The Morgan fingerprint density at radius 2 is 0.929 bits per heavy atom. The lowest BCUT2D eigenvalue weighted by Gasteiger charge is -2.05. The maximum atomic E-state index is 10.1. The molecule has 0 fully saturated rings. The molecule has 4 rings (SSSR count). The second-order valence-corrected chi connectivity index (χ2v) is 6.30. The van der Waals surface area contributed by atoms with Crippen molar-refractivity contribution in [2.75, 3.05) is 0 Å². The third-order valence-electron chi connectivity index (χ3n) is 4.49. The number of phenolic OH excluding ortho intramolecular Hbond substituents is 4. The highest BCUT2D eigenvalue weighted by atomic mass is 16.3. The highest BCUT2D eigenvalue weighted by Crippen LogP contribution is 2.30. The van der Waals surface area contributed by atoms with Crippen molar-refractivity contribution < 1.29 is 20.4 Å². The number of hydrogen-bond acceptors (Lipinski definition) is 6. The molecular weight excluding hydrogens is 356 g/mol. The van der Waals surface area contributed by atoms with E-state index in [2.05, 4.69) is 10.2 Å². The maximum Gasteiger partial charge on any atom is 0.125 e. The van der Waals surface area contributed by atoms with E-state index < -0.39 is 0 Å². The molecule has 28 heavy (non-hydrogen) atoms. The van der Waals surface area contributed by atoms with Crippen LogP contribution >= 0.6 is 0 Å². The van der Waals surface area contributed by atoms with Crippen molar-refractivity contribution in [1.82, 2.24) is 0 Å². The van der Waals surface area contributed by atoms with Crippen LogP contribution in [0.15, 0.2) is 70.9 Å². The molecule has 0 radical (unpaired) electrons. The van der Waals surface area contributed by atoms with E-state index in [1.54, 1.807) is 60.7 Å². The Hall–Kier alpha value is -4.06. The predicted octanol–water partition coefficient (Wildman–Crippen LogP) is 4.27. The Labute approximate surface area is 160 Å². The van der Waals surface area contributed by atoms with Crippen LogP contribution in [0.5, 0.6) is 23.0 Å². The van der Waals surface area contributed by atoms with Gasteiger partial charge in [0.2, 0.25) is 0 Å². The molecule has 138 valence electrons. The van der Waals surface area contributed by atoms with Crippen molar-refractivity contribution >= 4 is 34.0 Å². The van der Waals surface area contributed by atoms with Crippen LogP contribution in [0.2, 0.25) is 0 Å². The Balaban J connectivity index is 1.73. The van der Waals surface area contributed by atoms with Gasteiger partial charge in [0.15, 0.2) is 0 Å². The van der Waals surface area contributed by atoms with Gasteiger partial charge in [-0.15, -0.1) is 0 Å². The second kappa shape index (κ2) is 6.92. The van der Waals surface area contributed by atoms with E-state index in [1.165, 1.54) is 12.4 Å². The summed E-state index contributed by atoms with van der Waals surface area (Å²) >= 11 is 0. The number of phenols is 4. The average molecular weight is 372 g/mol. The number of aromatic hydroxyl groups is 4. The van der Waals surface area contributed by atoms with Gasteiger partial charge in [-0.25, -0.2) is 0 Å². The summed E-state index contributed by atoms with van der Waals surface area (Å²) < 4.78 is 0. The quantitative estimate of drug-likeness (QED) is 0.318. The van der Waals surface area contributed by atoms with E-state index in [4.69, 9.17) is 0 Å². The first-order valence-electron chi connectivity index (χ1n) is 8.49. The van der Waals surface area contributed by atoms with Crippen molar-refractivity contribution in [1.29, 1.82) is 0 Å². The van der Waals surface area contributed by atoms with Crippen LogP contribution in [-0.2, 0) is 0 Å². The van der Waals surface area contributed by atoms with Gasteiger partial charge in [-0.1, -0.05) is 24.3 Å². The molecule has 6 nitrogen and oxygen atoms in total. The zero-order valence-corrected chi connectivity index (χ0v) is 14.6. The number of hydrogen-bond donors (Lipinski definition) is 4. The largest absolute Gasteiger partial charge is 0.508 e. The van der Waals surface area contributed by atoms with Crippen LogP contribution in [0, 0.1) is 0 Å². The fraction of sp³-hybridized carbons (Fsp3) is 0. The fourth-order valence-electron chi connectivity index (χ4n) is 3.09. The summed E-state index contributed by atoms with van der Waals surface area (Å²) in [5.74, 6) is 0.179. The first-order valence-corrected chi connectivity index (χ1v) is 8.49. The van der Waals surface area contributed by atoms with E-state index in [9.17, 15) is 20.4 Å². The van der Waals surface area contributed by atoms with Crippen LogP contribution < -0.4 is 0 Å². The molecule has 0 spiro atoms. The summed E-state index contributed by atoms with van der Waals surface area (Å²) in [6, 6.07) is 16.3. The van der Waals surface area contributed by atoms with Crippen molar-refractivity contribution in [2.24, 2.45) is 10.2 Å². The fourth-order valence-corrected chi connectivity index (χ4v) is 3.09. The predicted molar refractivity (Wildman–Crippen MR) is 110 cm³/mol. The summed E-state index contributed by atoms with van der Waals surface area (Å²) in [7, 11) is 0. The Morgan fingerprint density at radius 1 is 0.536 bits per heavy atom. The van der Waals surface area contributed by atoms with Crippen LogP contribution in [0.1, 0.15) is 11.1 Å². The topological polar surface area (TPSA) is 106 Å². The first kappa shape index (κ1) is 17.4. The molecule has 0 saturated carbocycles. The molecule has 0 atom stereocenters. The number of fused-ring (bicyclic) bond motifs is 2. The Morgan fingerprint density at radius 3 is 1.36 bits per heavy atom. The van der Waals surface area contributed by atoms with Crippen molar-refractivity contribution in [3.05, 3.63) is 71.8 Å². The lowest BCUT2D eigenvalue weighted by molar-refractivity contribution is 0.473. The lowest BCUT2D eigenvalue weighted by Crippen LogP contribution is -1.88. The zero-order chi connectivity index (χ0) is 19.7. The zero-order valence-electron chi connectivity index (χ0n) is 14.6. The number of rotatable bonds is 3. The van der Waals surface area contributed by atoms with Gasteiger partial charge < -0.3 is 20.4 Å². The normalized spacial score (nSPS) is 11.9. The molecule has 4 aromatic carbocycles. The molecule has 0 aromatic heterocycles. The standard InChI is InChI=1S/C22H16N2O4/c25-15-5-1-13-3-7-21(27)19(17(13)9-15)11-23-24-12-20-18-10-16(26)6-2-14(18)4-8-22(20)28/h1-12,25-28H. The van der Waals surface area contributed by atoms with Gasteiger partial charge in [0.05, 0.1) is 12.4 Å². The minimum absolute atomic E-state index is 0.00924. The van der Waals surface area contributed by atoms with E-state index in [0.717, 1.165) is 10.8 Å². The molecule has 6 heteroatoms. The highest BCUT2D eigenvalue weighted by Gasteiger charge is 2.07. The van der Waals surface area contributed by atoms with Crippen molar-refractivity contribution in [3.63, 3.8) is 0 Å². The molecule has 0 aliphatic heterocycles. The van der Waals surface area contributed by atoms with Crippen LogP contribution in [0.25, 0.3) is 21.5 Å². The van der Waals surface area contributed by atoms with E-state index in [0.29, 0.717) is 21.9 Å². The highest BCUT2D eigenvalue weighted by molar-refractivity contribution is 6.04. The summed E-state index contributed by atoms with van der Waals surface area (Å²) in [6.45, 7) is 0. The van der Waals surface area contributed by atoms with Gasteiger partial charge in [-0.05, 0) is 57.9 Å². The third kappa shape index (κ3) is 3.19. The van der Waals surface area contributed by atoms with E-state index >= 15 is 0 Å². The van der Waals surface area contributed by atoms with Crippen molar-refractivity contribution in [2.45, 2.75) is 0 Å². The lowest BCUT2D eigenvalue weighted by atomic mass is 10.0. The summed E-state index contributed by atoms with van der Waals surface area (Å²) in [5, 5.41) is 50.6. The summed E-state index contributed by atoms with van der Waals surface area (Å²) in [4.78, 5) is 0. The Kier molecular flexibility index (Phi) is 4.29. The van der Waals surface area contributed by atoms with E-state index in [-0.39, 0.29) is 23.0 Å². The summed E-state index contributed by atoms with van der Waals surface area (Å²) in [5.41, 5.74) is 0.843. The van der Waals surface area contributed by atoms with Gasteiger partial charge in [-0.3, -0.25) is 0 Å². The third-order valence-corrected chi connectivity index (χ3v) is 4.49. The molecule has 4 N–H and O–H groups in total. The van der Waals surface area contributed by atoms with Gasteiger partial charge in [-0.2, -0.15) is 10.2 Å². The van der Waals surface area contributed by atoms with Crippen molar-refractivity contribution in [3.8, 4) is 23.0 Å². The number of benzene rings is 4. The average Bonchev–Trinajstić information content (AvgIpc) is 2.68. The molecule has 0 unspecified atom stereocenters. The van der Waals surface area contributed by atoms with E-state index in [1.807, 2.05) is 0 Å². The molecule has 0 aliphatic carbocycles. The van der Waals surface area contributed by atoms with Gasteiger partial charge in [0.25, 0.3) is 0 Å². The van der Waals surface area contributed by atoms with Crippen LogP contribution in [0.3, 0.4) is 0 Å². The SMILES string of the molecule is Oc1ccc2ccc(O)c(C=NN=Cc3c(O)ccc4ccc(O)cc34)c2c1.